The summed E-state index contributed by atoms with van der Waals surface area (Å²) < 4.78 is 42.6. The van der Waals surface area contributed by atoms with Crippen LogP contribution in [-0.2, 0) is 11.0 Å². The number of halogens is 3. The van der Waals surface area contributed by atoms with Gasteiger partial charge < -0.3 is 4.74 Å². The quantitative estimate of drug-likeness (QED) is 0.814. The summed E-state index contributed by atoms with van der Waals surface area (Å²) in [5.41, 5.74) is 4.90. The second-order valence-electron chi connectivity index (χ2n) is 5.54. The lowest BCUT2D eigenvalue weighted by atomic mass is 10.1. The topological polar surface area (TPSA) is 80.3 Å². The number of rotatable bonds is 4. The molecule has 0 aliphatic rings. The van der Waals surface area contributed by atoms with E-state index in [0.717, 1.165) is 23.4 Å². The number of carbonyl (C=O) groups is 2. The number of alkyl halides is 3. The van der Waals surface area contributed by atoms with E-state index in [1.807, 2.05) is 19.9 Å². The number of nitrogens with one attached hydrogen (secondary N) is 2. The van der Waals surface area contributed by atoms with E-state index in [0.29, 0.717) is 11.8 Å². The Balaban J connectivity index is 1.84. The van der Waals surface area contributed by atoms with Gasteiger partial charge in [0.05, 0.1) is 5.56 Å². The number of hydrazine groups is 1. The van der Waals surface area contributed by atoms with E-state index in [2.05, 4.69) is 15.8 Å². The number of pyridine rings is 1. The Hall–Kier alpha value is -3.10. The molecule has 26 heavy (non-hydrogen) atoms. The van der Waals surface area contributed by atoms with Gasteiger partial charge in [0.1, 0.15) is 11.4 Å². The van der Waals surface area contributed by atoms with Crippen molar-refractivity contribution < 1.29 is 27.5 Å². The maximum atomic E-state index is 12.4. The monoisotopic (exact) mass is 367 g/mol. The highest BCUT2D eigenvalue weighted by atomic mass is 19.4. The summed E-state index contributed by atoms with van der Waals surface area (Å²) in [5, 5.41) is 0. The molecule has 1 aromatic carbocycles. The fourth-order valence-corrected chi connectivity index (χ4v) is 2.10. The first kappa shape index (κ1) is 19.2. The minimum absolute atomic E-state index is 0.131. The van der Waals surface area contributed by atoms with E-state index in [4.69, 9.17) is 4.74 Å². The summed E-state index contributed by atoms with van der Waals surface area (Å²) in [5.74, 6) is -0.917. The van der Waals surface area contributed by atoms with E-state index in [-0.39, 0.29) is 12.2 Å². The standard InChI is InChI=1S/C17H16F3N3O3/c1-10-5-11(2)7-13(6-10)26-9-15(24)22-23-16(25)12-3-4-14(21-8-12)17(18,19)20/h3-8H,9H2,1-2H3,(H,22,24)(H,23,25). The predicted octanol–water partition coefficient (Wildman–Crippen LogP) is 2.56. The molecule has 6 nitrogen and oxygen atoms in total. The molecule has 2 rings (SSSR count). The van der Waals surface area contributed by atoms with Gasteiger partial charge >= 0.3 is 6.18 Å². The average molecular weight is 367 g/mol. The minimum atomic E-state index is -4.59. The van der Waals surface area contributed by atoms with Crippen LogP contribution in [-0.4, -0.2) is 23.4 Å². The van der Waals surface area contributed by atoms with Gasteiger partial charge in [-0.1, -0.05) is 6.07 Å². The van der Waals surface area contributed by atoms with Crippen LogP contribution < -0.4 is 15.6 Å². The van der Waals surface area contributed by atoms with Crippen LogP contribution in [0.5, 0.6) is 5.75 Å². The van der Waals surface area contributed by atoms with Crippen LogP contribution in [0.25, 0.3) is 0 Å². The Morgan fingerprint density at radius 3 is 2.27 bits per heavy atom. The summed E-state index contributed by atoms with van der Waals surface area (Å²) in [7, 11) is 0. The molecule has 2 N–H and O–H groups in total. The molecule has 2 amide bonds. The fourth-order valence-electron chi connectivity index (χ4n) is 2.10. The molecular weight excluding hydrogens is 351 g/mol. The van der Waals surface area contributed by atoms with Crippen molar-refractivity contribution in [1.82, 2.24) is 15.8 Å². The van der Waals surface area contributed by atoms with Crippen molar-refractivity contribution in [2.24, 2.45) is 0 Å². The molecule has 0 saturated heterocycles. The normalized spacial score (nSPS) is 11.0. The van der Waals surface area contributed by atoms with Crippen molar-refractivity contribution in [3.63, 3.8) is 0 Å². The molecule has 0 radical (unpaired) electrons. The lowest BCUT2D eigenvalue weighted by Crippen LogP contribution is -2.43. The molecular formula is C17H16F3N3O3. The van der Waals surface area contributed by atoms with Gasteiger partial charge in [-0.05, 0) is 49.2 Å². The van der Waals surface area contributed by atoms with Gasteiger partial charge in [0.15, 0.2) is 6.61 Å². The average Bonchev–Trinajstić information content (AvgIpc) is 2.56. The van der Waals surface area contributed by atoms with Crippen LogP contribution in [0.15, 0.2) is 36.5 Å². The first-order chi connectivity index (χ1) is 12.1. The van der Waals surface area contributed by atoms with Crippen molar-refractivity contribution in [2.45, 2.75) is 20.0 Å². The van der Waals surface area contributed by atoms with Crippen LogP contribution in [0.1, 0.15) is 27.2 Å². The third-order valence-electron chi connectivity index (χ3n) is 3.20. The Kier molecular flexibility index (Phi) is 5.81. The van der Waals surface area contributed by atoms with Gasteiger partial charge in [-0.25, -0.2) is 0 Å². The van der Waals surface area contributed by atoms with Gasteiger partial charge in [-0.3, -0.25) is 25.4 Å². The largest absolute Gasteiger partial charge is 0.484 e. The second kappa shape index (κ2) is 7.85. The number of benzene rings is 1. The minimum Gasteiger partial charge on any atom is -0.484 e. The highest BCUT2D eigenvalue weighted by Crippen LogP contribution is 2.27. The van der Waals surface area contributed by atoms with Crippen molar-refractivity contribution in [3.8, 4) is 5.75 Å². The third-order valence-corrected chi connectivity index (χ3v) is 3.20. The van der Waals surface area contributed by atoms with E-state index >= 15 is 0 Å². The highest BCUT2D eigenvalue weighted by molar-refractivity contribution is 5.95. The maximum absolute atomic E-state index is 12.4. The Morgan fingerprint density at radius 2 is 1.73 bits per heavy atom. The molecule has 9 heteroatoms. The van der Waals surface area contributed by atoms with Crippen molar-refractivity contribution in [2.75, 3.05) is 6.61 Å². The molecule has 0 fully saturated rings. The summed E-state index contributed by atoms with van der Waals surface area (Å²) in [6, 6.07) is 7.11. The Bertz CT molecular complexity index is 785. The van der Waals surface area contributed by atoms with Gasteiger partial charge in [0, 0.05) is 6.20 Å². The van der Waals surface area contributed by atoms with Crippen molar-refractivity contribution in [1.29, 1.82) is 0 Å². The summed E-state index contributed by atoms with van der Waals surface area (Å²) in [6.07, 6.45) is -3.81. The van der Waals surface area contributed by atoms with Gasteiger partial charge in [-0.2, -0.15) is 13.2 Å². The zero-order valence-corrected chi connectivity index (χ0v) is 14.0. The van der Waals surface area contributed by atoms with E-state index in [1.54, 1.807) is 12.1 Å². The van der Waals surface area contributed by atoms with Crippen molar-refractivity contribution >= 4 is 11.8 Å². The number of hydrogen-bond acceptors (Lipinski definition) is 4. The van der Waals surface area contributed by atoms with Crippen molar-refractivity contribution in [3.05, 3.63) is 58.9 Å². The van der Waals surface area contributed by atoms with Crippen LogP contribution in [0.4, 0.5) is 13.2 Å². The fraction of sp³-hybridized carbons (Fsp3) is 0.235. The second-order valence-corrected chi connectivity index (χ2v) is 5.54. The molecule has 0 saturated carbocycles. The van der Waals surface area contributed by atoms with E-state index < -0.39 is 23.7 Å². The molecule has 1 heterocycles. The summed E-state index contributed by atoms with van der Waals surface area (Å²) >= 11 is 0. The zero-order valence-electron chi connectivity index (χ0n) is 14.0. The Morgan fingerprint density at radius 1 is 1.08 bits per heavy atom. The van der Waals surface area contributed by atoms with Crippen LogP contribution in [0, 0.1) is 13.8 Å². The first-order valence-corrected chi connectivity index (χ1v) is 7.48. The van der Waals surface area contributed by atoms with E-state index in [9.17, 15) is 22.8 Å². The van der Waals surface area contributed by atoms with Gasteiger partial charge in [-0.15, -0.1) is 0 Å². The highest BCUT2D eigenvalue weighted by Gasteiger charge is 2.32. The number of amides is 2. The molecule has 0 unspecified atom stereocenters. The first-order valence-electron chi connectivity index (χ1n) is 7.48. The smallest absolute Gasteiger partial charge is 0.433 e. The van der Waals surface area contributed by atoms with Crippen LogP contribution in [0.3, 0.4) is 0 Å². The molecule has 0 aliphatic heterocycles. The lowest BCUT2D eigenvalue weighted by Gasteiger charge is -2.10. The lowest BCUT2D eigenvalue weighted by molar-refractivity contribution is -0.141. The molecule has 1 aromatic heterocycles. The van der Waals surface area contributed by atoms with Gasteiger partial charge in [0.25, 0.3) is 11.8 Å². The number of ether oxygens (including phenoxy) is 1. The number of nitrogens with zero attached hydrogens (tertiary/aromatic N) is 1. The SMILES string of the molecule is Cc1cc(C)cc(OCC(=O)NNC(=O)c2ccc(C(F)(F)F)nc2)c1. The Labute approximate surface area is 147 Å². The number of aromatic nitrogens is 1. The summed E-state index contributed by atoms with van der Waals surface area (Å²) in [4.78, 5) is 26.6. The molecule has 0 spiro atoms. The number of carbonyl (C=O) groups excluding carboxylic acids is 2. The molecule has 0 bridgehead atoms. The molecule has 138 valence electrons. The number of aryl methyl sites for hydroxylation is 2. The third kappa shape index (κ3) is 5.47. The molecule has 0 atom stereocenters. The predicted molar refractivity (Wildman–Crippen MR) is 86.3 cm³/mol. The zero-order chi connectivity index (χ0) is 19.3. The molecule has 2 aromatic rings. The summed E-state index contributed by atoms with van der Waals surface area (Å²) in [6.45, 7) is 3.44. The van der Waals surface area contributed by atoms with Crippen LogP contribution >= 0.6 is 0 Å². The maximum Gasteiger partial charge on any atom is 0.433 e. The van der Waals surface area contributed by atoms with Crippen LogP contribution in [0.2, 0.25) is 0 Å². The molecule has 0 aliphatic carbocycles. The van der Waals surface area contributed by atoms with Gasteiger partial charge in [0.2, 0.25) is 0 Å². The van der Waals surface area contributed by atoms with E-state index in [1.165, 1.54) is 0 Å². The number of hydrogen-bond donors (Lipinski definition) is 2.